The number of sulfone groups is 1. The topological polar surface area (TPSA) is 59.1 Å². The SMILES string of the molecule is CC(Nc1cc(S(C)(=O)=O)ccc1F)c1cscn1. The van der Waals surface area contributed by atoms with Gasteiger partial charge in [0.2, 0.25) is 0 Å². The highest BCUT2D eigenvalue weighted by atomic mass is 32.2. The Hall–Kier alpha value is -1.47. The number of nitrogens with one attached hydrogen (secondary N) is 1. The molecule has 7 heteroatoms. The van der Waals surface area contributed by atoms with Crippen molar-refractivity contribution in [2.75, 3.05) is 11.6 Å². The zero-order valence-electron chi connectivity index (χ0n) is 10.4. The minimum Gasteiger partial charge on any atom is -0.375 e. The molecule has 0 fully saturated rings. The van der Waals surface area contributed by atoms with Crippen molar-refractivity contribution in [3.63, 3.8) is 0 Å². The summed E-state index contributed by atoms with van der Waals surface area (Å²) in [6.07, 6.45) is 1.09. The average molecular weight is 300 g/mol. The maximum Gasteiger partial charge on any atom is 0.175 e. The quantitative estimate of drug-likeness (QED) is 0.882. The summed E-state index contributed by atoms with van der Waals surface area (Å²) in [5.41, 5.74) is 2.63. The Kier molecular flexibility index (Phi) is 3.86. The van der Waals surface area contributed by atoms with Gasteiger partial charge in [-0.25, -0.2) is 17.8 Å². The molecule has 1 aromatic heterocycles. The molecule has 0 radical (unpaired) electrons. The van der Waals surface area contributed by atoms with Crippen molar-refractivity contribution in [1.29, 1.82) is 0 Å². The van der Waals surface area contributed by atoms with Crippen LogP contribution >= 0.6 is 11.3 Å². The van der Waals surface area contributed by atoms with Crippen molar-refractivity contribution < 1.29 is 12.8 Å². The van der Waals surface area contributed by atoms with Crippen molar-refractivity contribution in [3.05, 3.63) is 40.6 Å². The predicted octanol–water partition coefficient (Wildman–Crippen LogP) is 2.86. The van der Waals surface area contributed by atoms with Gasteiger partial charge in [0.25, 0.3) is 0 Å². The molecule has 1 atom stereocenters. The van der Waals surface area contributed by atoms with E-state index in [-0.39, 0.29) is 16.6 Å². The summed E-state index contributed by atoms with van der Waals surface area (Å²) in [4.78, 5) is 4.21. The normalized spacial score (nSPS) is 13.2. The Morgan fingerprint density at radius 3 is 2.74 bits per heavy atom. The monoisotopic (exact) mass is 300 g/mol. The molecule has 2 aromatic rings. The number of benzene rings is 1. The van der Waals surface area contributed by atoms with Crippen molar-refractivity contribution in [3.8, 4) is 0 Å². The minimum absolute atomic E-state index is 0.0851. The second kappa shape index (κ2) is 5.26. The zero-order chi connectivity index (χ0) is 14.0. The van der Waals surface area contributed by atoms with Crippen LogP contribution in [-0.4, -0.2) is 19.7 Å². The molecule has 0 saturated carbocycles. The predicted molar refractivity (Wildman–Crippen MR) is 73.7 cm³/mol. The van der Waals surface area contributed by atoms with Crippen molar-refractivity contribution in [2.45, 2.75) is 17.9 Å². The summed E-state index contributed by atoms with van der Waals surface area (Å²) in [6, 6.07) is 3.50. The van der Waals surface area contributed by atoms with Gasteiger partial charge in [-0.3, -0.25) is 0 Å². The van der Waals surface area contributed by atoms with Crippen LogP contribution in [0.25, 0.3) is 0 Å². The molecule has 1 heterocycles. The van der Waals surface area contributed by atoms with Gasteiger partial charge in [-0.2, -0.15) is 0 Å². The van der Waals surface area contributed by atoms with E-state index in [9.17, 15) is 12.8 Å². The molecule has 0 aliphatic rings. The van der Waals surface area contributed by atoms with Crippen LogP contribution < -0.4 is 5.32 Å². The molecular formula is C12H13FN2O2S2. The van der Waals surface area contributed by atoms with E-state index in [1.165, 1.54) is 23.5 Å². The lowest BCUT2D eigenvalue weighted by molar-refractivity contribution is 0.600. The summed E-state index contributed by atoms with van der Waals surface area (Å²) < 4.78 is 36.6. The van der Waals surface area contributed by atoms with Gasteiger partial charge >= 0.3 is 0 Å². The van der Waals surface area contributed by atoms with Crippen LogP contribution in [0.2, 0.25) is 0 Å². The molecular weight excluding hydrogens is 287 g/mol. The smallest absolute Gasteiger partial charge is 0.175 e. The van der Waals surface area contributed by atoms with Crippen LogP contribution in [-0.2, 0) is 9.84 Å². The van der Waals surface area contributed by atoms with Gasteiger partial charge in [0.05, 0.1) is 27.8 Å². The Bertz CT molecular complexity index is 669. The van der Waals surface area contributed by atoms with E-state index in [4.69, 9.17) is 0 Å². The van der Waals surface area contributed by atoms with Crippen LogP contribution in [0.3, 0.4) is 0 Å². The maximum atomic E-state index is 13.7. The number of nitrogens with zero attached hydrogens (tertiary/aromatic N) is 1. The molecule has 1 aromatic carbocycles. The first-order valence-corrected chi connectivity index (χ1v) is 8.35. The Morgan fingerprint density at radius 1 is 1.42 bits per heavy atom. The lowest BCUT2D eigenvalue weighted by Gasteiger charge is -2.14. The number of aromatic nitrogens is 1. The van der Waals surface area contributed by atoms with E-state index < -0.39 is 15.7 Å². The van der Waals surface area contributed by atoms with E-state index in [1.807, 2.05) is 12.3 Å². The van der Waals surface area contributed by atoms with Crippen LogP contribution in [0.5, 0.6) is 0 Å². The molecule has 0 aliphatic carbocycles. The minimum atomic E-state index is -3.35. The van der Waals surface area contributed by atoms with Crippen molar-refractivity contribution in [2.24, 2.45) is 0 Å². The molecule has 1 unspecified atom stereocenters. The molecule has 102 valence electrons. The number of hydrogen-bond donors (Lipinski definition) is 1. The third-order valence-corrected chi connectivity index (χ3v) is 4.35. The van der Waals surface area contributed by atoms with E-state index >= 15 is 0 Å². The highest BCUT2D eigenvalue weighted by Crippen LogP contribution is 2.24. The molecule has 0 bridgehead atoms. The van der Waals surface area contributed by atoms with Crippen LogP contribution in [0, 0.1) is 5.82 Å². The van der Waals surface area contributed by atoms with Gasteiger partial charge < -0.3 is 5.32 Å². The Balaban J connectivity index is 2.30. The maximum absolute atomic E-state index is 13.7. The van der Waals surface area contributed by atoms with Crippen LogP contribution in [0.15, 0.2) is 34.0 Å². The van der Waals surface area contributed by atoms with Crippen LogP contribution in [0.1, 0.15) is 18.7 Å². The highest BCUT2D eigenvalue weighted by Gasteiger charge is 2.14. The lowest BCUT2D eigenvalue weighted by Crippen LogP contribution is -2.09. The number of thiazole rings is 1. The van der Waals surface area contributed by atoms with Crippen LogP contribution in [0.4, 0.5) is 10.1 Å². The van der Waals surface area contributed by atoms with E-state index in [1.54, 1.807) is 5.51 Å². The third kappa shape index (κ3) is 3.30. The zero-order valence-corrected chi connectivity index (χ0v) is 12.1. The average Bonchev–Trinajstić information content (AvgIpc) is 2.84. The van der Waals surface area contributed by atoms with Gasteiger partial charge in [0.15, 0.2) is 9.84 Å². The molecule has 0 saturated heterocycles. The first kappa shape index (κ1) is 14.0. The molecule has 0 spiro atoms. The molecule has 0 amide bonds. The number of hydrogen-bond acceptors (Lipinski definition) is 5. The van der Waals surface area contributed by atoms with Gasteiger partial charge in [-0.05, 0) is 25.1 Å². The first-order valence-electron chi connectivity index (χ1n) is 5.52. The number of rotatable bonds is 4. The summed E-state index contributed by atoms with van der Waals surface area (Å²) in [5, 5.41) is 4.79. The molecule has 19 heavy (non-hydrogen) atoms. The highest BCUT2D eigenvalue weighted by molar-refractivity contribution is 7.90. The fraction of sp³-hybridized carbons (Fsp3) is 0.250. The van der Waals surface area contributed by atoms with Gasteiger partial charge in [0, 0.05) is 11.6 Å². The van der Waals surface area contributed by atoms with Gasteiger partial charge in [0.1, 0.15) is 5.82 Å². The second-order valence-corrected chi connectivity index (χ2v) is 6.93. The summed E-state index contributed by atoms with van der Waals surface area (Å²) >= 11 is 1.45. The first-order chi connectivity index (χ1) is 8.88. The third-order valence-electron chi connectivity index (χ3n) is 2.63. The molecule has 0 aliphatic heterocycles. The van der Waals surface area contributed by atoms with Gasteiger partial charge in [-0.1, -0.05) is 0 Å². The molecule has 4 nitrogen and oxygen atoms in total. The largest absolute Gasteiger partial charge is 0.375 e. The summed E-state index contributed by atoms with van der Waals surface area (Å²) in [5.74, 6) is -0.491. The fourth-order valence-corrected chi connectivity index (χ4v) is 2.88. The molecule has 2 rings (SSSR count). The fourth-order valence-electron chi connectivity index (χ4n) is 1.59. The summed E-state index contributed by atoms with van der Waals surface area (Å²) in [6.45, 7) is 1.83. The Morgan fingerprint density at radius 2 is 2.16 bits per heavy atom. The number of anilines is 1. The lowest BCUT2D eigenvalue weighted by atomic mass is 10.2. The van der Waals surface area contributed by atoms with E-state index in [0.29, 0.717) is 0 Å². The van der Waals surface area contributed by atoms with Crippen molar-refractivity contribution >= 4 is 26.9 Å². The number of halogens is 1. The van der Waals surface area contributed by atoms with E-state index in [0.717, 1.165) is 18.0 Å². The van der Waals surface area contributed by atoms with E-state index in [2.05, 4.69) is 10.3 Å². The summed E-state index contributed by atoms with van der Waals surface area (Å²) in [7, 11) is -3.35. The van der Waals surface area contributed by atoms with Gasteiger partial charge in [-0.15, -0.1) is 11.3 Å². The van der Waals surface area contributed by atoms with Crippen molar-refractivity contribution in [1.82, 2.24) is 4.98 Å². The molecule has 1 N–H and O–H groups in total. The Labute approximate surface area is 115 Å². The second-order valence-electron chi connectivity index (χ2n) is 4.19. The standard InChI is InChI=1S/C12H13FN2O2S2/c1-8(12-6-18-7-14-12)15-11-5-9(19(2,16)17)3-4-10(11)13/h3-8,15H,1-2H3.